The lowest BCUT2D eigenvalue weighted by Gasteiger charge is -2.34. The number of hydrogen-bond donors (Lipinski definition) is 2. The molecule has 0 aliphatic heterocycles. The Bertz CT molecular complexity index is 1570. The first-order valence-electron chi connectivity index (χ1n) is 15.3. The summed E-state index contributed by atoms with van der Waals surface area (Å²) in [7, 11) is 0. The molecule has 3 aliphatic carbocycles. The number of rotatable bonds is 11. The fourth-order valence-electron chi connectivity index (χ4n) is 6.18. The van der Waals surface area contributed by atoms with Crippen molar-refractivity contribution >= 4 is 17.5 Å². The molecule has 3 aromatic heterocycles. The summed E-state index contributed by atoms with van der Waals surface area (Å²) in [5.41, 5.74) is 1.11. The van der Waals surface area contributed by atoms with Crippen LogP contribution in [-0.2, 0) is 11.3 Å². The van der Waals surface area contributed by atoms with Crippen LogP contribution >= 0.6 is 0 Å². The van der Waals surface area contributed by atoms with Gasteiger partial charge in [-0.25, -0.2) is 27.1 Å². The number of hydrogen-bond acceptors (Lipinski definition) is 6. The quantitative estimate of drug-likeness (QED) is 0.260. The molecule has 0 aromatic carbocycles. The summed E-state index contributed by atoms with van der Waals surface area (Å²) in [6.45, 7) is -0.146. The summed E-state index contributed by atoms with van der Waals surface area (Å²) >= 11 is 0. The highest BCUT2D eigenvalue weighted by Crippen LogP contribution is 2.49. The highest BCUT2D eigenvalue weighted by atomic mass is 19.4. The van der Waals surface area contributed by atoms with Gasteiger partial charge in [0.2, 0.25) is 11.8 Å². The SMILES string of the molecule is O=C(CCC(F)(F)F)N[C@@H](c1cnn2cc([C@@H](NC(=O)c3cnn(CC4CC4(F)F)n3)C3CCC(F)(F)CC3)nc2c1)C1CCC1. The second-order valence-electron chi connectivity index (χ2n) is 12.7. The molecule has 3 fully saturated rings. The van der Waals surface area contributed by atoms with E-state index < -0.39 is 66.6 Å². The van der Waals surface area contributed by atoms with Crippen LogP contribution in [0, 0.1) is 17.8 Å². The number of imidazole rings is 1. The van der Waals surface area contributed by atoms with Crippen LogP contribution in [0.15, 0.2) is 24.7 Å². The average Bonchev–Trinajstić information content (AvgIpc) is 3.30. The molecule has 0 radical (unpaired) electrons. The Balaban J connectivity index is 1.22. The minimum absolute atomic E-state index is 0.0176. The molecule has 3 saturated carbocycles. The predicted molar refractivity (Wildman–Crippen MR) is 147 cm³/mol. The first-order valence-corrected chi connectivity index (χ1v) is 15.3. The molecule has 0 bridgehead atoms. The topological polar surface area (TPSA) is 119 Å². The highest BCUT2D eigenvalue weighted by molar-refractivity contribution is 5.92. The number of carbonyl (C=O) groups is 2. The van der Waals surface area contributed by atoms with Crippen LogP contribution < -0.4 is 10.6 Å². The zero-order valence-electron chi connectivity index (χ0n) is 24.6. The molecular formula is C29H33F7N8O2. The van der Waals surface area contributed by atoms with Gasteiger partial charge in [-0.2, -0.15) is 28.2 Å². The molecule has 46 heavy (non-hydrogen) atoms. The summed E-state index contributed by atoms with van der Waals surface area (Å²) in [5.74, 6) is -8.30. The van der Waals surface area contributed by atoms with Gasteiger partial charge in [0.05, 0.1) is 49.3 Å². The number of fused-ring (bicyclic) bond motifs is 1. The van der Waals surface area contributed by atoms with E-state index in [1.54, 1.807) is 12.3 Å². The van der Waals surface area contributed by atoms with Crippen molar-refractivity contribution in [2.24, 2.45) is 17.8 Å². The van der Waals surface area contributed by atoms with E-state index in [0.29, 0.717) is 16.9 Å². The molecule has 2 amide bonds. The Morgan fingerprint density at radius 2 is 1.67 bits per heavy atom. The molecule has 6 rings (SSSR count). The Morgan fingerprint density at radius 3 is 2.30 bits per heavy atom. The van der Waals surface area contributed by atoms with E-state index in [1.807, 2.05) is 0 Å². The van der Waals surface area contributed by atoms with E-state index in [0.717, 1.165) is 30.3 Å². The van der Waals surface area contributed by atoms with Crippen LogP contribution in [0.4, 0.5) is 30.7 Å². The van der Waals surface area contributed by atoms with Crippen LogP contribution in [0.1, 0.15) is 98.0 Å². The van der Waals surface area contributed by atoms with Crippen molar-refractivity contribution in [3.05, 3.63) is 41.6 Å². The van der Waals surface area contributed by atoms with Crippen LogP contribution in [-0.4, -0.2) is 59.4 Å². The fourth-order valence-corrected chi connectivity index (χ4v) is 6.18. The van der Waals surface area contributed by atoms with Crippen molar-refractivity contribution in [3.8, 4) is 0 Å². The van der Waals surface area contributed by atoms with Gasteiger partial charge in [-0.15, -0.1) is 5.10 Å². The maximum atomic E-state index is 14.0. The third-order valence-electron chi connectivity index (χ3n) is 9.24. The Hall–Kier alpha value is -3.79. The van der Waals surface area contributed by atoms with Crippen molar-refractivity contribution in [3.63, 3.8) is 0 Å². The summed E-state index contributed by atoms with van der Waals surface area (Å²) in [6.07, 6.45) is -0.510. The van der Waals surface area contributed by atoms with Crippen molar-refractivity contribution in [2.45, 2.75) is 101 Å². The maximum absolute atomic E-state index is 14.0. The molecular weight excluding hydrogens is 625 g/mol. The number of nitrogens with one attached hydrogen (secondary N) is 2. The minimum atomic E-state index is -4.46. The van der Waals surface area contributed by atoms with Crippen molar-refractivity contribution in [1.82, 2.24) is 40.2 Å². The number of aromatic nitrogens is 6. The van der Waals surface area contributed by atoms with Crippen molar-refractivity contribution < 1.29 is 40.3 Å². The molecule has 3 aromatic rings. The number of halogens is 7. The normalized spacial score (nSPS) is 22.6. The molecule has 0 spiro atoms. The van der Waals surface area contributed by atoms with Crippen LogP contribution in [0.2, 0.25) is 0 Å². The first kappa shape index (κ1) is 32.2. The third-order valence-corrected chi connectivity index (χ3v) is 9.24. The van der Waals surface area contributed by atoms with Gasteiger partial charge < -0.3 is 10.6 Å². The molecule has 1 unspecified atom stereocenters. The maximum Gasteiger partial charge on any atom is 0.389 e. The molecule has 3 aliphatic rings. The Kier molecular flexibility index (Phi) is 8.46. The van der Waals surface area contributed by atoms with E-state index in [4.69, 9.17) is 0 Å². The molecule has 2 N–H and O–H groups in total. The zero-order valence-corrected chi connectivity index (χ0v) is 24.6. The molecule has 17 heteroatoms. The number of carbonyl (C=O) groups excluding carboxylic acids is 2. The smallest absolute Gasteiger partial charge is 0.349 e. The highest BCUT2D eigenvalue weighted by Gasteiger charge is 2.57. The lowest BCUT2D eigenvalue weighted by Crippen LogP contribution is -2.37. The lowest BCUT2D eigenvalue weighted by atomic mass is 9.77. The van der Waals surface area contributed by atoms with Crippen molar-refractivity contribution in [2.75, 3.05) is 0 Å². The lowest BCUT2D eigenvalue weighted by molar-refractivity contribution is -0.144. The Labute approximate surface area is 258 Å². The van der Waals surface area contributed by atoms with Crippen molar-refractivity contribution in [1.29, 1.82) is 0 Å². The van der Waals surface area contributed by atoms with E-state index in [2.05, 4.69) is 30.9 Å². The summed E-state index contributed by atoms with van der Waals surface area (Å²) in [6, 6.07) is 0.272. The minimum Gasteiger partial charge on any atom is -0.349 e. The van der Waals surface area contributed by atoms with E-state index >= 15 is 0 Å². The van der Waals surface area contributed by atoms with Gasteiger partial charge in [0.25, 0.3) is 11.8 Å². The van der Waals surface area contributed by atoms with Gasteiger partial charge in [0.15, 0.2) is 11.3 Å². The van der Waals surface area contributed by atoms with Crippen LogP contribution in [0.5, 0.6) is 0 Å². The van der Waals surface area contributed by atoms with Gasteiger partial charge in [-0.05, 0) is 49.1 Å². The molecule has 10 nitrogen and oxygen atoms in total. The molecule has 3 heterocycles. The number of nitrogens with zero attached hydrogens (tertiary/aromatic N) is 6. The van der Waals surface area contributed by atoms with Crippen LogP contribution in [0.25, 0.3) is 5.65 Å². The van der Waals surface area contributed by atoms with Gasteiger partial charge in [0.1, 0.15) is 0 Å². The number of alkyl halides is 7. The third kappa shape index (κ3) is 7.43. The van der Waals surface area contributed by atoms with E-state index in [1.165, 1.54) is 10.7 Å². The first-order chi connectivity index (χ1) is 21.7. The molecule has 0 saturated heterocycles. The second kappa shape index (κ2) is 12.1. The monoisotopic (exact) mass is 658 g/mol. The van der Waals surface area contributed by atoms with E-state index in [9.17, 15) is 40.3 Å². The van der Waals surface area contributed by atoms with Gasteiger partial charge >= 0.3 is 6.18 Å². The second-order valence-corrected chi connectivity index (χ2v) is 12.7. The van der Waals surface area contributed by atoms with E-state index in [-0.39, 0.29) is 50.3 Å². The summed E-state index contributed by atoms with van der Waals surface area (Å²) in [5, 5.41) is 17.9. The summed E-state index contributed by atoms with van der Waals surface area (Å²) < 4.78 is 94.2. The predicted octanol–water partition coefficient (Wildman–Crippen LogP) is 5.57. The molecule has 250 valence electrons. The van der Waals surface area contributed by atoms with Gasteiger partial charge in [-0.1, -0.05) is 6.42 Å². The Morgan fingerprint density at radius 1 is 0.978 bits per heavy atom. The van der Waals surface area contributed by atoms with Gasteiger partial charge in [0, 0.05) is 31.6 Å². The molecule has 3 atom stereocenters. The standard InChI is InChI=1S/C29H33F7N8O2/c30-27(31)7-4-17(5-8-27)25(41-26(46)20-13-38-44(42-20)14-19-11-28(19,32)33)21-15-43-22(39-21)10-18(12-37-43)24(16-2-1-3-16)40-23(45)6-9-29(34,35)36/h10,12-13,15-17,19,24-25H,1-9,11,14H2,(H,40,45)(H,41,46)/t19?,24-,25+/m1/s1. The van der Waals surface area contributed by atoms with Gasteiger partial charge in [-0.3, -0.25) is 9.59 Å². The van der Waals surface area contributed by atoms with Crippen LogP contribution in [0.3, 0.4) is 0 Å². The largest absolute Gasteiger partial charge is 0.389 e. The zero-order chi connectivity index (χ0) is 32.9. The summed E-state index contributed by atoms with van der Waals surface area (Å²) in [4.78, 5) is 31.3. The fraction of sp³-hybridized carbons (Fsp3) is 0.655. The average molecular weight is 659 g/mol. The number of amides is 2.